The van der Waals surface area contributed by atoms with Crippen LogP contribution in [0.15, 0.2) is 35.2 Å². The highest BCUT2D eigenvalue weighted by molar-refractivity contribution is 6.00. The van der Waals surface area contributed by atoms with E-state index in [9.17, 15) is 9.59 Å². The minimum atomic E-state index is -0.388. The van der Waals surface area contributed by atoms with Crippen molar-refractivity contribution in [1.29, 1.82) is 0 Å². The van der Waals surface area contributed by atoms with Gasteiger partial charge in [-0.05, 0) is 51.2 Å². The van der Waals surface area contributed by atoms with Gasteiger partial charge in [0.1, 0.15) is 5.69 Å². The Bertz CT molecular complexity index is 1460. The van der Waals surface area contributed by atoms with Crippen LogP contribution in [0.5, 0.6) is 0 Å². The summed E-state index contributed by atoms with van der Waals surface area (Å²) in [5, 5.41) is 14.3. The molecule has 12 heteroatoms. The van der Waals surface area contributed by atoms with Crippen LogP contribution in [0, 0.1) is 6.92 Å². The molecule has 0 saturated heterocycles. The number of pyridine rings is 1. The van der Waals surface area contributed by atoms with Crippen molar-refractivity contribution in [2.24, 2.45) is 0 Å². The molecular formula is C27H32N8O4. The van der Waals surface area contributed by atoms with Gasteiger partial charge in [-0.15, -0.1) is 0 Å². The largest absolute Gasteiger partial charge is 0.466 e. The second kappa shape index (κ2) is 12.0. The van der Waals surface area contributed by atoms with Gasteiger partial charge in [0, 0.05) is 24.8 Å². The van der Waals surface area contributed by atoms with Crippen LogP contribution < -0.4 is 10.6 Å². The van der Waals surface area contributed by atoms with Gasteiger partial charge in [0.15, 0.2) is 5.65 Å². The molecule has 4 aromatic heterocycles. The minimum absolute atomic E-state index is 0.198. The van der Waals surface area contributed by atoms with Crippen molar-refractivity contribution < 1.29 is 18.8 Å². The highest BCUT2D eigenvalue weighted by Crippen LogP contribution is 2.37. The number of unbranched alkanes of at least 4 members (excludes halogenated alkanes) is 1. The maximum Gasteiger partial charge on any atom is 0.323 e. The number of hydrogen-bond donors (Lipinski definition) is 2. The Morgan fingerprint density at radius 3 is 2.79 bits per heavy atom. The number of esters is 1. The van der Waals surface area contributed by atoms with E-state index in [0.717, 1.165) is 49.0 Å². The van der Waals surface area contributed by atoms with E-state index in [-0.39, 0.29) is 12.0 Å². The van der Waals surface area contributed by atoms with E-state index >= 15 is 0 Å². The lowest BCUT2D eigenvalue weighted by Crippen LogP contribution is -2.22. The van der Waals surface area contributed by atoms with Crippen LogP contribution in [-0.4, -0.2) is 48.3 Å². The Balaban J connectivity index is 1.21. The summed E-state index contributed by atoms with van der Waals surface area (Å²) in [5.41, 5.74) is 4.29. The average molecular weight is 533 g/mol. The van der Waals surface area contributed by atoms with E-state index in [1.165, 1.54) is 0 Å². The Morgan fingerprint density at radius 1 is 1.15 bits per heavy atom. The molecule has 2 amide bonds. The molecule has 1 fully saturated rings. The summed E-state index contributed by atoms with van der Waals surface area (Å²) in [6.07, 6.45) is 11.8. The van der Waals surface area contributed by atoms with Crippen molar-refractivity contribution >= 4 is 29.0 Å². The monoisotopic (exact) mass is 532 g/mol. The first-order valence-corrected chi connectivity index (χ1v) is 13.4. The van der Waals surface area contributed by atoms with Gasteiger partial charge in [-0.3, -0.25) is 9.78 Å². The van der Waals surface area contributed by atoms with Gasteiger partial charge in [-0.2, -0.15) is 10.1 Å². The molecule has 0 aliphatic heterocycles. The molecular weight excluding hydrogens is 500 g/mol. The third-order valence-electron chi connectivity index (χ3n) is 6.79. The summed E-state index contributed by atoms with van der Waals surface area (Å²) in [7, 11) is 0. The van der Waals surface area contributed by atoms with Gasteiger partial charge in [-0.1, -0.05) is 18.0 Å². The summed E-state index contributed by atoms with van der Waals surface area (Å²) in [4.78, 5) is 37.7. The third kappa shape index (κ3) is 6.21. The smallest absolute Gasteiger partial charge is 0.323 e. The molecule has 2 N–H and O–H groups in total. The van der Waals surface area contributed by atoms with E-state index in [1.807, 2.05) is 23.6 Å². The first-order chi connectivity index (χ1) is 19.0. The molecule has 5 rings (SSSR count). The van der Waals surface area contributed by atoms with Gasteiger partial charge in [-0.25, -0.2) is 14.3 Å². The number of carbonyl (C=O) groups is 2. The zero-order valence-electron chi connectivity index (χ0n) is 22.1. The molecule has 0 radical (unpaired) electrons. The number of carbonyl (C=O) groups excluding carboxylic acids is 2. The number of ether oxygens (including phenoxy) is 1. The van der Waals surface area contributed by atoms with Gasteiger partial charge >= 0.3 is 12.0 Å². The number of rotatable bonds is 10. The zero-order valence-corrected chi connectivity index (χ0v) is 22.1. The predicted molar refractivity (Wildman–Crippen MR) is 143 cm³/mol. The fourth-order valence-electron chi connectivity index (χ4n) is 4.97. The van der Waals surface area contributed by atoms with Crippen LogP contribution in [-0.2, 0) is 16.0 Å². The summed E-state index contributed by atoms with van der Waals surface area (Å²) in [6, 6.07) is 3.28. The van der Waals surface area contributed by atoms with E-state index in [0.29, 0.717) is 60.6 Å². The number of aryl methyl sites for hydroxylation is 2. The molecule has 4 heterocycles. The fraction of sp³-hybridized carbons (Fsp3) is 0.444. The normalized spacial score (nSPS) is 13.6. The third-order valence-corrected chi connectivity index (χ3v) is 6.79. The van der Waals surface area contributed by atoms with Gasteiger partial charge < -0.3 is 19.9 Å². The number of fused-ring (bicyclic) bond motifs is 1. The molecule has 39 heavy (non-hydrogen) atoms. The van der Waals surface area contributed by atoms with E-state index < -0.39 is 0 Å². The number of nitrogens with one attached hydrogen (secondary N) is 2. The standard InChI is InChI=1S/C27H32N8O4/c1-3-38-23(36)11-7-6-10-22-33-26(34-39-22)24-17(2)14-19(15-29-24)31-27(37)32-20-16-28-21-12-13-30-35(21)25(20)18-8-4-5-9-18/h12-16,18H,3-11H2,1-2H3,(H2,31,32,37). The lowest BCUT2D eigenvalue weighted by atomic mass is 10.0. The molecule has 4 aromatic rings. The van der Waals surface area contributed by atoms with Crippen molar-refractivity contribution in [3.05, 3.63) is 47.9 Å². The van der Waals surface area contributed by atoms with E-state index in [4.69, 9.17) is 9.26 Å². The quantitative estimate of drug-likeness (QED) is 0.211. The van der Waals surface area contributed by atoms with Crippen molar-refractivity contribution in [2.45, 2.75) is 71.1 Å². The Labute approximate surface area is 225 Å². The second-order valence-electron chi connectivity index (χ2n) is 9.63. The molecule has 1 aliphatic rings. The van der Waals surface area contributed by atoms with Crippen LogP contribution in [0.2, 0.25) is 0 Å². The van der Waals surface area contributed by atoms with Crippen LogP contribution in [0.1, 0.15) is 74.9 Å². The number of nitrogens with zero attached hydrogens (tertiary/aromatic N) is 6. The van der Waals surface area contributed by atoms with Gasteiger partial charge in [0.2, 0.25) is 11.7 Å². The van der Waals surface area contributed by atoms with Crippen molar-refractivity contribution in [1.82, 2.24) is 29.7 Å². The highest BCUT2D eigenvalue weighted by Gasteiger charge is 2.25. The van der Waals surface area contributed by atoms with E-state index in [1.54, 1.807) is 25.5 Å². The second-order valence-corrected chi connectivity index (χ2v) is 9.63. The number of amides is 2. The summed E-state index contributed by atoms with van der Waals surface area (Å²) in [5.74, 6) is 0.989. The molecule has 12 nitrogen and oxygen atoms in total. The zero-order chi connectivity index (χ0) is 27.2. The number of urea groups is 1. The topological polar surface area (TPSA) is 149 Å². The maximum atomic E-state index is 12.9. The van der Waals surface area contributed by atoms with Gasteiger partial charge in [0.25, 0.3) is 0 Å². The number of anilines is 2. The Kier molecular flexibility index (Phi) is 8.09. The van der Waals surface area contributed by atoms with Crippen molar-refractivity contribution in [3.63, 3.8) is 0 Å². The summed E-state index contributed by atoms with van der Waals surface area (Å²) in [6.45, 7) is 4.05. The van der Waals surface area contributed by atoms with Crippen LogP contribution in [0.3, 0.4) is 0 Å². The molecule has 0 spiro atoms. The highest BCUT2D eigenvalue weighted by atomic mass is 16.5. The lowest BCUT2D eigenvalue weighted by Gasteiger charge is -2.17. The fourth-order valence-corrected chi connectivity index (χ4v) is 4.97. The van der Waals surface area contributed by atoms with E-state index in [2.05, 4.69) is 35.8 Å². The first-order valence-electron chi connectivity index (χ1n) is 13.4. The Hall–Kier alpha value is -4.35. The molecule has 0 atom stereocenters. The number of aromatic nitrogens is 6. The molecule has 0 bridgehead atoms. The van der Waals surface area contributed by atoms with Crippen LogP contribution in [0.4, 0.5) is 16.2 Å². The average Bonchev–Trinajstić information content (AvgIpc) is 3.69. The maximum absolute atomic E-state index is 12.9. The molecule has 1 aliphatic carbocycles. The van der Waals surface area contributed by atoms with Gasteiger partial charge in [0.05, 0.1) is 42.3 Å². The Morgan fingerprint density at radius 2 is 2.00 bits per heavy atom. The number of hydrogen-bond acceptors (Lipinski definition) is 9. The summed E-state index contributed by atoms with van der Waals surface area (Å²) >= 11 is 0. The first kappa shape index (κ1) is 26.3. The molecule has 204 valence electrons. The minimum Gasteiger partial charge on any atom is -0.466 e. The SMILES string of the molecule is CCOC(=O)CCCCc1nc(-c2ncc(NC(=O)Nc3cnc4ccnn4c3C3CCCC3)cc2C)no1. The van der Waals surface area contributed by atoms with Crippen molar-refractivity contribution in [2.75, 3.05) is 17.2 Å². The lowest BCUT2D eigenvalue weighted by molar-refractivity contribution is -0.143. The summed E-state index contributed by atoms with van der Waals surface area (Å²) < 4.78 is 12.1. The predicted octanol–water partition coefficient (Wildman–Crippen LogP) is 5.06. The molecule has 1 saturated carbocycles. The molecule has 0 unspecified atom stereocenters. The van der Waals surface area contributed by atoms with Crippen molar-refractivity contribution in [3.8, 4) is 11.5 Å². The molecule has 0 aromatic carbocycles. The van der Waals surface area contributed by atoms with Crippen LogP contribution >= 0.6 is 0 Å². The van der Waals surface area contributed by atoms with Crippen LogP contribution in [0.25, 0.3) is 17.2 Å².